The minimum atomic E-state index is -0.205. The van der Waals surface area contributed by atoms with Crippen LogP contribution in [-0.2, 0) is 11.2 Å². The van der Waals surface area contributed by atoms with Crippen molar-refractivity contribution in [3.05, 3.63) is 53.6 Å². The highest BCUT2D eigenvalue weighted by atomic mass is 16.5. The summed E-state index contributed by atoms with van der Waals surface area (Å²) in [6.45, 7) is 0.692. The van der Waals surface area contributed by atoms with Gasteiger partial charge in [-0.2, -0.15) is 0 Å². The molecule has 0 aliphatic carbocycles. The first-order valence-electron chi connectivity index (χ1n) is 7.19. The Morgan fingerprint density at radius 1 is 1.18 bits per heavy atom. The van der Waals surface area contributed by atoms with Crippen molar-refractivity contribution >= 4 is 23.2 Å². The number of ether oxygens (including phenoxy) is 1. The summed E-state index contributed by atoms with van der Waals surface area (Å²) < 4.78 is 5.32. The predicted octanol–water partition coefficient (Wildman–Crippen LogP) is 2.22. The summed E-state index contributed by atoms with van der Waals surface area (Å²) in [5.74, 6) is 0.328. The summed E-state index contributed by atoms with van der Waals surface area (Å²) in [5, 5.41) is 2.73. The first-order valence-corrected chi connectivity index (χ1v) is 7.19. The number of benzene rings is 2. The Kier molecular flexibility index (Phi) is 2.85. The number of carbonyl (C=O) groups excluding carboxylic acids is 2. The standard InChI is InChI=1S/C17H14N2O3/c20-16-10-22-15-6-5-12(9-13(15)18-16)17(21)19-8-7-11-3-1-2-4-14(11)19/h1-6,9H,7-8,10H2,(H,18,20). The van der Waals surface area contributed by atoms with Crippen LogP contribution in [0.15, 0.2) is 42.5 Å². The van der Waals surface area contributed by atoms with Crippen molar-refractivity contribution in [1.29, 1.82) is 0 Å². The van der Waals surface area contributed by atoms with Crippen LogP contribution in [0.25, 0.3) is 0 Å². The molecule has 4 rings (SSSR count). The highest BCUT2D eigenvalue weighted by Crippen LogP contribution is 2.32. The van der Waals surface area contributed by atoms with E-state index < -0.39 is 0 Å². The third-order valence-electron chi connectivity index (χ3n) is 3.99. The van der Waals surface area contributed by atoms with E-state index in [9.17, 15) is 9.59 Å². The maximum atomic E-state index is 12.7. The molecule has 0 radical (unpaired) electrons. The van der Waals surface area contributed by atoms with Gasteiger partial charge in [0.05, 0.1) is 5.69 Å². The smallest absolute Gasteiger partial charge is 0.262 e. The lowest BCUT2D eigenvalue weighted by Gasteiger charge is -2.21. The van der Waals surface area contributed by atoms with Crippen LogP contribution in [0.5, 0.6) is 5.75 Å². The maximum absolute atomic E-state index is 12.7. The molecule has 5 heteroatoms. The van der Waals surface area contributed by atoms with E-state index in [2.05, 4.69) is 5.32 Å². The molecule has 0 fully saturated rings. The number of nitrogens with one attached hydrogen (secondary N) is 1. The lowest BCUT2D eigenvalue weighted by atomic mass is 10.1. The van der Waals surface area contributed by atoms with E-state index in [1.165, 1.54) is 5.56 Å². The van der Waals surface area contributed by atoms with Crippen LogP contribution in [0.3, 0.4) is 0 Å². The zero-order valence-electron chi connectivity index (χ0n) is 11.8. The van der Waals surface area contributed by atoms with Crippen LogP contribution in [0.4, 0.5) is 11.4 Å². The summed E-state index contributed by atoms with van der Waals surface area (Å²) in [6, 6.07) is 13.1. The largest absolute Gasteiger partial charge is 0.482 e. The Bertz CT molecular complexity index is 785. The van der Waals surface area contributed by atoms with Crippen LogP contribution in [0, 0.1) is 0 Å². The van der Waals surface area contributed by atoms with Crippen LogP contribution in [-0.4, -0.2) is 25.0 Å². The van der Waals surface area contributed by atoms with E-state index in [-0.39, 0.29) is 18.4 Å². The van der Waals surface area contributed by atoms with E-state index in [0.29, 0.717) is 23.5 Å². The first kappa shape index (κ1) is 12.9. The van der Waals surface area contributed by atoms with Crippen LogP contribution in [0.2, 0.25) is 0 Å². The number of anilines is 2. The van der Waals surface area contributed by atoms with Gasteiger partial charge < -0.3 is 15.0 Å². The third-order valence-corrected chi connectivity index (χ3v) is 3.99. The minimum absolute atomic E-state index is 0.0137. The molecule has 0 spiro atoms. The molecular weight excluding hydrogens is 280 g/mol. The van der Waals surface area contributed by atoms with Gasteiger partial charge in [-0.1, -0.05) is 18.2 Å². The fourth-order valence-corrected chi connectivity index (χ4v) is 2.92. The SMILES string of the molecule is O=C1COc2ccc(C(=O)N3CCc4ccccc43)cc2N1. The number of rotatable bonds is 1. The molecule has 0 aromatic heterocycles. The van der Waals surface area contributed by atoms with E-state index in [1.807, 2.05) is 24.3 Å². The number of amides is 2. The average molecular weight is 294 g/mol. The molecular formula is C17H14N2O3. The van der Waals surface area contributed by atoms with Crippen molar-refractivity contribution in [2.75, 3.05) is 23.4 Å². The van der Waals surface area contributed by atoms with Crippen molar-refractivity contribution in [2.24, 2.45) is 0 Å². The minimum Gasteiger partial charge on any atom is -0.482 e. The molecule has 1 N–H and O–H groups in total. The second-order valence-corrected chi connectivity index (χ2v) is 5.38. The third kappa shape index (κ3) is 2.02. The second kappa shape index (κ2) is 4.87. The molecule has 0 saturated carbocycles. The average Bonchev–Trinajstić information content (AvgIpc) is 2.97. The highest BCUT2D eigenvalue weighted by Gasteiger charge is 2.26. The molecule has 2 aromatic carbocycles. The maximum Gasteiger partial charge on any atom is 0.262 e. The van der Waals surface area contributed by atoms with Gasteiger partial charge in [-0.05, 0) is 36.2 Å². The fraction of sp³-hybridized carbons (Fsp3) is 0.176. The Labute approximate surface area is 127 Å². The van der Waals surface area contributed by atoms with Gasteiger partial charge in [0.2, 0.25) is 0 Å². The van der Waals surface area contributed by atoms with Crippen LogP contribution >= 0.6 is 0 Å². The zero-order chi connectivity index (χ0) is 15.1. The number of hydrogen-bond donors (Lipinski definition) is 1. The second-order valence-electron chi connectivity index (χ2n) is 5.38. The van der Waals surface area contributed by atoms with E-state index in [4.69, 9.17) is 4.74 Å². The van der Waals surface area contributed by atoms with Gasteiger partial charge in [-0.15, -0.1) is 0 Å². The first-order chi connectivity index (χ1) is 10.7. The lowest BCUT2D eigenvalue weighted by molar-refractivity contribution is -0.118. The van der Waals surface area contributed by atoms with E-state index >= 15 is 0 Å². The number of nitrogens with zero attached hydrogens (tertiary/aromatic N) is 1. The molecule has 0 saturated heterocycles. The summed E-state index contributed by atoms with van der Waals surface area (Å²) in [7, 11) is 0. The molecule has 110 valence electrons. The van der Waals surface area contributed by atoms with Crippen LogP contribution < -0.4 is 15.0 Å². The lowest BCUT2D eigenvalue weighted by Crippen LogP contribution is -2.30. The summed E-state index contributed by atoms with van der Waals surface area (Å²) in [4.78, 5) is 25.9. The Hall–Kier alpha value is -2.82. The number of para-hydroxylation sites is 1. The normalized spacial score (nSPS) is 15.6. The van der Waals surface area contributed by atoms with Gasteiger partial charge in [-0.25, -0.2) is 0 Å². The van der Waals surface area contributed by atoms with Crippen molar-refractivity contribution in [2.45, 2.75) is 6.42 Å². The Morgan fingerprint density at radius 3 is 2.95 bits per heavy atom. The number of fused-ring (bicyclic) bond motifs is 2. The fourth-order valence-electron chi connectivity index (χ4n) is 2.92. The number of carbonyl (C=O) groups is 2. The molecule has 0 atom stereocenters. The molecule has 2 aromatic rings. The van der Waals surface area contributed by atoms with E-state index in [1.54, 1.807) is 23.1 Å². The van der Waals surface area contributed by atoms with Gasteiger partial charge in [0.25, 0.3) is 11.8 Å². The molecule has 0 unspecified atom stereocenters. The summed E-state index contributed by atoms with van der Waals surface area (Å²) in [6.07, 6.45) is 0.868. The van der Waals surface area contributed by atoms with Gasteiger partial charge in [0.15, 0.2) is 6.61 Å². The van der Waals surface area contributed by atoms with Crippen LogP contribution in [0.1, 0.15) is 15.9 Å². The molecule has 2 aliphatic heterocycles. The summed E-state index contributed by atoms with van der Waals surface area (Å²) in [5.41, 5.74) is 3.24. The quantitative estimate of drug-likeness (QED) is 0.877. The monoisotopic (exact) mass is 294 g/mol. The molecule has 2 aliphatic rings. The Morgan fingerprint density at radius 2 is 2.05 bits per heavy atom. The van der Waals surface area contributed by atoms with Crippen molar-refractivity contribution in [3.8, 4) is 5.75 Å². The summed E-state index contributed by atoms with van der Waals surface area (Å²) >= 11 is 0. The van der Waals surface area contributed by atoms with Gasteiger partial charge in [0, 0.05) is 17.8 Å². The topological polar surface area (TPSA) is 58.6 Å². The molecule has 2 amide bonds. The highest BCUT2D eigenvalue weighted by molar-refractivity contribution is 6.08. The molecule has 0 bridgehead atoms. The number of hydrogen-bond acceptors (Lipinski definition) is 3. The van der Waals surface area contributed by atoms with Crippen molar-refractivity contribution in [3.63, 3.8) is 0 Å². The van der Waals surface area contributed by atoms with Gasteiger partial charge >= 0.3 is 0 Å². The Balaban J connectivity index is 1.67. The van der Waals surface area contributed by atoms with Gasteiger partial charge in [0.1, 0.15) is 5.75 Å². The van der Waals surface area contributed by atoms with E-state index in [0.717, 1.165) is 12.1 Å². The zero-order valence-corrected chi connectivity index (χ0v) is 11.8. The molecule has 2 heterocycles. The van der Waals surface area contributed by atoms with Crippen molar-refractivity contribution < 1.29 is 14.3 Å². The molecule has 5 nitrogen and oxygen atoms in total. The molecule has 22 heavy (non-hydrogen) atoms. The van der Waals surface area contributed by atoms with Crippen molar-refractivity contribution in [1.82, 2.24) is 0 Å². The predicted molar refractivity (Wildman–Crippen MR) is 82.4 cm³/mol. The van der Waals surface area contributed by atoms with Gasteiger partial charge in [-0.3, -0.25) is 9.59 Å².